The van der Waals surface area contributed by atoms with Crippen LogP contribution in [-0.2, 0) is 4.79 Å². The van der Waals surface area contributed by atoms with Crippen molar-refractivity contribution in [3.8, 4) is 0 Å². The molecule has 0 fully saturated rings. The van der Waals surface area contributed by atoms with Gasteiger partial charge in [-0.15, -0.1) is 0 Å². The Balaban J connectivity index is 2.70. The highest BCUT2D eigenvalue weighted by atomic mass is 127. The molecule has 15 heavy (non-hydrogen) atoms. The van der Waals surface area contributed by atoms with E-state index in [4.69, 9.17) is 5.11 Å². The van der Waals surface area contributed by atoms with E-state index in [1.807, 2.05) is 25.1 Å². The summed E-state index contributed by atoms with van der Waals surface area (Å²) in [6.45, 7) is 5.71. The van der Waals surface area contributed by atoms with Crippen molar-refractivity contribution in [1.29, 1.82) is 0 Å². The van der Waals surface area contributed by atoms with Crippen LogP contribution in [0.25, 0.3) is 0 Å². The van der Waals surface area contributed by atoms with Crippen molar-refractivity contribution < 1.29 is 9.90 Å². The molecule has 3 nitrogen and oxygen atoms in total. The van der Waals surface area contributed by atoms with Gasteiger partial charge in [-0.2, -0.15) is 0 Å². The zero-order chi connectivity index (χ0) is 11.4. The van der Waals surface area contributed by atoms with Crippen LogP contribution in [0.1, 0.15) is 5.56 Å². The molecular weight excluding hydrogens is 305 g/mol. The Kier molecular flexibility index (Phi) is 4.14. The van der Waals surface area contributed by atoms with E-state index in [2.05, 4.69) is 34.5 Å². The molecule has 0 atom stereocenters. The Hall–Kier alpha value is -1.04. The van der Waals surface area contributed by atoms with E-state index in [0.717, 1.165) is 14.8 Å². The van der Waals surface area contributed by atoms with Gasteiger partial charge < -0.3 is 10.4 Å². The number of hydrogen-bond acceptors (Lipinski definition) is 2. The zero-order valence-electron chi connectivity index (χ0n) is 8.38. The second kappa shape index (κ2) is 5.16. The van der Waals surface area contributed by atoms with Crippen molar-refractivity contribution in [2.24, 2.45) is 0 Å². The van der Waals surface area contributed by atoms with Crippen LogP contribution in [0.3, 0.4) is 0 Å². The van der Waals surface area contributed by atoms with E-state index < -0.39 is 5.97 Å². The number of rotatable bonds is 4. The SMILES string of the molecule is C=C(CNc1cccc(I)c1C)C(=O)O. The molecule has 0 aromatic heterocycles. The number of benzene rings is 1. The monoisotopic (exact) mass is 317 g/mol. The lowest BCUT2D eigenvalue weighted by Crippen LogP contribution is -2.12. The molecule has 80 valence electrons. The van der Waals surface area contributed by atoms with Gasteiger partial charge in [0.25, 0.3) is 0 Å². The lowest BCUT2D eigenvalue weighted by Gasteiger charge is -2.10. The highest BCUT2D eigenvalue weighted by Crippen LogP contribution is 2.20. The first-order valence-corrected chi connectivity index (χ1v) is 5.50. The van der Waals surface area contributed by atoms with Gasteiger partial charge in [0.1, 0.15) is 0 Å². The Morgan fingerprint density at radius 2 is 2.27 bits per heavy atom. The van der Waals surface area contributed by atoms with Gasteiger partial charge in [0.05, 0.1) is 0 Å². The maximum absolute atomic E-state index is 10.5. The van der Waals surface area contributed by atoms with Crippen LogP contribution in [0.4, 0.5) is 5.69 Å². The maximum atomic E-state index is 10.5. The summed E-state index contributed by atoms with van der Waals surface area (Å²) in [5.41, 5.74) is 2.23. The van der Waals surface area contributed by atoms with Gasteiger partial charge in [0, 0.05) is 21.4 Å². The second-order valence-corrected chi connectivity index (χ2v) is 4.34. The number of nitrogens with one attached hydrogen (secondary N) is 1. The third-order valence-electron chi connectivity index (χ3n) is 2.06. The molecule has 0 aliphatic carbocycles. The van der Waals surface area contributed by atoms with Gasteiger partial charge in [-0.25, -0.2) is 4.79 Å². The average molecular weight is 317 g/mol. The van der Waals surface area contributed by atoms with Crippen LogP contribution in [0.5, 0.6) is 0 Å². The summed E-state index contributed by atoms with van der Waals surface area (Å²) in [7, 11) is 0. The number of carbonyl (C=O) groups is 1. The Morgan fingerprint density at radius 1 is 1.60 bits per heavy atom. The third-order valence-corrected chi connectivity index (χ3v) is 3.23. The van der Waals surface area contributed by atoms with E-state index in [9.17, 15) is 4.79 Å². The average Bonchev–Trinajstić information content (AvgIpc) is 2.19. The minimum atomic E-state index is -0.967. The van der Waals surface area contributed by atoms with Gasteiger partial charge in [-0.3, -0.25) is 0 Å². The van der Waals surface area contributed by atoms with Crippen molar-refractivity contribution >= 4 is 34.2 Å². The number of anilines is 1. The van der Waals surface area contributed by atoms with Gasteiger partial charge in [0.15, 0.2) is 0 Å². The summed E-state index contributed by atoms with van der Waals surface area (Å²) in [5.74, 6) is -0.967. The van der Waals surface area contributed by atoms with Crippen molar-refractivity contribution in [1.82, 2.24) is 0 Å². The fraction of sp³-hybridized carbons (Fsp3) is 0.182. The summed E-state index contributed by atoms with van der Waals surface area (Å²) in [6.07, 6.45) is 0. The fourth-order valence-corrected chi connectivity index (χ4v) is 1.57. The minimum Gasteiger partial charge on any atom is -0.478 e. The summed E-state index contributed by atoms with van der Waals surface area (Å²) in [5, 5.41) is 11.7. The van der Waals surface area contributed by atoms with Crippen LogP contribution in [0, 0.1) is 10.5 Å². The van der Waals surface area contributed by atoms with Gasteiger partial charge in [-0.05, 0) is 47.2 Å². The molecule has 0 saturated carbocycles. The Labute approximate surface area is 102 Å². The molecule has 0 amide bonds. The smallest absolute Gasteiger partial charge is 0.332 e. The molecule has 0 aliphatic rings. The van der Waals surface area contributed by atoms with Gasteiger partial charge in [0.2, 0.25) is 0 Å². The van der Waals surface area contributed by atoms with Crippen LogP contribution < -0.4 is 5.32 Å². The summed E-state index contributed by atoms with van der Waals surface area (Å²) in [6, 6.07) is 5.86. The molecule has 0 radical (unpaired) electrons. The van der Waals surface area contributed by atoms with E-state index >= 15 is 0 Å². The number of hydrogen-bond donors (Lipinski definition) is 2. The van der Waals surface area contributed by atoms with E-state index in [-0.39, 0.29) is 12.1 Å². The van der Waals surface area contributed by atoms with E-state index in [1.165, 1.54) is 0 Å². The van der Waals surface area contributed by atoms with Crippen molar-refractivity contribution in [3.05, 3.63) is 39.5 Å². The molecule has 0 heterocycles. The normalized spacial score (nSPS) is 9.73. The molecule has 0 aliphatic heterocycles. The highest BCUT2D eigenvalue weighted by Gasteiger charge is 2.05. The van der Waals surface area contributed by atoms with Crippen molar-refractivity contribution in [2.75, 3.05) is 11.9 Å². The first kappa shape index (κ1) is 12.0. The predicted molar refractivity (Wildman–Crippen MR) is 69.2 cm³/mol. The van der Waals surface area contributed by atoms with Crippen molar-refractivity contribution in [3.63, 3.8) is 0 Å². The van der Waals surface area contributed by atoms with E-state index in [0.29, 0.717) is 0 Å². The molecule has 0 saturated heterocycles. The molecule has 0 bridgehead atoms. The number of aliphatic carboxylic acids is 1. The number of halogens is 1. The quantitative estimate of drug-likeness (QED) is 0.663. The highest BCUT2D eigenvalue weighted by molar-refractivity contribution is 14.1. The predicted octanol–water partition coefficient (Wildman–Crippen LogP) is 2.65. The maximum Gasteiger partial charge on any atom is 0.332 e. The van der Waals surface area contributed by atoms with Crippen molar-refractivity contribution in [2.45, 2.75) is 6.92 Å². The zero-order valence-corrected chi connectivity index (χ0v) is 10.5. The fourth-order valence-electron chi connectivity index (χ4n) is 1.08. The first-order valence-electron chi connectivity index (χ1n) is 4.42. The molecule has 1 aromatic carbocycles. The summed E-state index contributed by atoms with van der Waals surface area (Å²) < 4.78 is 1.15. The molecular formula is C11H12INO2. The van der Waals surface area contributed by atoms with Crippen LogP contribution in [0.15, 0.2) is 30.4 Å². The molecule has 4 heteroatoms. The lowest BCUT2D eigenvalue weighted by atomic mass is 10.2. The van der Waals surface area contributed by atoms with Gasteiger partial charge >= 0.3 is 5.97 Å². The Morgan fingerprint density at radius 3 is 2.87 bits per heavy atom. The van der Waals surface area contributed by atoms with Crippen LogP contribution in [-0.4, -0.2) is 17.6 Å². The van der Waals surface area contributed by atoms with E-state index in [1.54, 1.807) is 0 Å². The van der Waals surface area contributed by atoms with Crippen LogP contribution >= 0.6 is 22.6 Å². The minimum absolute atomic E-state index is 0.160. The van der Waals surface area contributed by atoms with Crippen LogP contribution in [0.2, 0.25) is 0 Å². The lowest BCUT2D eigenvalue weighted by molar-refractivity contribution is -0.132. The second-order valence-electron chi connectivity index (χ2n) is 3.17. The molecule has 0 spiro atoms. The topological polar surface area (TPSA) is 49.3 Å². The number of carboxylic acid groups (broad SMARTS) is 1. The molecule has 1 rings (SSSR count). The largest absolute Gasteiger partial charge is 0.478 e. The summed E-state index contributed by atoms with van der Waals surface area (Å²) in [4.78, 5) is 10.5. The number of carboxylic acids is 1. The molecule has 2 N–H and O–H groups in total. The molecule has 1 aromatic rings. The first-order chi connectivity index (χ1) is 7.02. The summed E-state index contributed by atoms with van der Waals surface area (Å²) >= 11 is 2.24. The third kappa shape index (κ3) is 3.23. The standard InChI is InChI=1S/C11H12INO2/c1-7(11(14)15)6-13-10-5-3-4-9(12)8(10)2/h3-5,13H,1,6H2,2H3,(H,14,15). The Bertz CT molecular complexity index is 402. The molecule has 0 unspecified atom stereocenters. The van der Waals surface area contributed by atoms with Gasteiger partial charge in [-0.1, -0.05) is 12.6 Å².